The molecule has 5 rings (SSSR count). The number of carbonyl (C=O) groups is 2. The van der Waals surface area contributed by atoms with Crippen LogP contribution in [0, 0.1) is 17.7 Å². The van der Waals surface area contributed by atoms with Crippen LogP contribution < -0.4 is 5.32 Å². The Hall–Kier alpha value is -2.44. The second kappa shape index (κ2) is 4.55. The zero-order valence-corrected chi connectivity index (χ0v) is 12.9. The lowest BCUT2D eigenvalue weighted by Crippen LogP contribution is -2.51. The van der Waals surface area contributed by atoms with Gasteiger partial charge in [-0.2, -0.15) is 0 Å². The Bertz CT molecular complexity index is 857. The zero-order chi connectivity index (χ0) is 16.5. The van der Waals surface area contributed by atoms with E-state index in [1.54, 1.807) is 0 Å². The molecule has 124 valence electrons. The number of carbonyl (C=O) groups excluding carboxylic acids is 2. The van der Waals surface area contributed by atoms with E-state index in [0.29, 0.717) is 11.1 Å². The van der Waals surface area contributed by atoms with Gasteiger partial charge in [-0.3, -0.25) is 9.69 Å². The van der Waals surface area contributed by atoms with Crippen molar-refractivity contribution >= 4 is 23.0 Å². The van der Waals surface area contributed by atoms with Crippen LogP contribution in [0.2, 0.25) is 0 Å². The average molecular weight is 329 g/mol. The first-order valence-electron chi connectivity index (χ1n) is 8.27. The van der Waals surface area contributed by atoms with Crippen molar-refractivity contribution in [1.29, 1.82) is 0 Å². The highest BCUT2D eigenvalue weighted by Gasteiger charge is 2.65. The minimum Gasteiger partial charge on any atom is -0.439 e. The van der Waals surface area contributed by atoms with Gasteiger partial charge < -0.3 is 9.73 Å². The Morgan fingerprint density at radius 2 is 1.96 bits per heavy atom. The molecule has 1 aromatic carbocycles. The van der Waals surface area contributed by atoms with Crippen molar-refractivity contribution in [3.8, 4) is 0 Å². The molecule has 1 saturated heterocycles. The van der Waals surface area contributed by atoms with Gasteiger partial charge in [0.1, 0.15) is 23.4 Å². The number of imide groups is 1. The minimum absolute atomic E-state index is 0.0256. The SMILES string of the molecule is O=C1NC(C2CC2)(C2CC2)C(=O)N1Cc1nc2cc(F)ccc2o1. The number of hydrogen-bond acceptors (Lipinski definition) is 4. The van der Waals surface area contributed by atoms with E-state index in [0.717, 1.165) is 25.7 Å². The molecule has 3 amide bonds. The number of aromatic nitrogens is 1. The van der Waals surface area contributed by atoms with Gasteiger partial charge in [-0.25, -0.2) is 14.2 Å². The van der Waals surface area contributed by atoms with Crippen molar-refractivity contribution in [3.05, 3.63) is 29.9 Å². The number of nitrogens with zero attached hydrogens (tertiary/aromatic N) is 2. The van der Waals surface area contributed by atoms with Gasteiger partial charge in [0.25, 0.3) is 5.91 Å². The number of benzene rings is 1. The molecule has 2 aliphatic carbocycles. The lowest BCUT2D eigenvalue weighted by molar-refractivity contribution is -0.133. The lowest BCUT2D eigenvalue weighted by atomic mass is 9.87. The largest absolute Gasteiger partial charge is 0.439 e. The Morgan fingerprint density at radius 3 is 2.62 bits per heavy atom. The number of urea groups is 1. The molecule has 24 heavy (non-hydrogen) atoms. The fourth-order valence-electron chi connectivity index (χ4n) is 3.87. The van der Waals surface area contributed by atoms with E-state index < -0.39 is 11.4 Å². The number of nitrogens with one attached hydrogen (secondary N) is 1. The van der Waals surface area contributed by atoms with Crippen LogP contribution in [0.3, 0.4) is 0 Å². The standard InChI is InChI=1S/C17H16FN3O3/c18-11-5-6-13-12(7-11)19-14(24-13)8-21-15(22)17(9-1-2-9,10-3-4-10)20-16(21)23/h5-7,9-10H,1-4,8H2,(H,20,23). The molecule has 0 spiro atoms. The number of rotatable bonds is 4. The van der Waals surface area contributed by atoms with E-state index in [4.69, 9.17) is 4.42 Å². The maximum absolute atomic E-state index is 13.3. The van der Waals surface area contributed by atoms with Crippen LogP contribution in [0.15, 0.2) is 22.6 Å². The van der Waals surface area contributed by atoms with E-state index in [1.165, 1.54) is 23.1 Å². The summed E-state index contributed by atoms with van der Waals surface area (Å²) in [7, 11) is 0. The molecular weight excluding hydrogens is 313 g/mol. The van der Waals surface area contributed by atoms with E-state index in [1.807, 2.05) is 0 Å². The van der Waals surface area contributed by atoms with Gasteiger partial charge in [-0.05, 0) is 49.7 Å². The molecule has 1 N–H and O–H groups in total. The maximum atomic E-state index is 13.3. The first kappa shape index (κ1) is 13.9. The Kier molecular flexibility index (Phi) is 2.65. The molecule has 6 nitrogen and oxygen atoms in total. The highest BCUT2D eigenvalue weighted by Crippen LogP contribution is 2.54. The summed E-state index contributed by atoms with van der Waals surface area (Å²) < 4.78 is 18.8. The molecule has 2 heterocycles. The van der Waals surface area contributed by atoms with Crippen molar-refractivity contribution < 1.29 is 18.4 Å². The second-order valence-corrected chi connectivity index (χ2v) is 6.96. The predicted octanol–water partition coefficient (Wildman–Crippen LogP) is 2.58. The van der Waals surface area contributed by atoms with Gasteiger partial charge in [0.05, 0.1) is 0 Å². The topological polar surface area (TPSA) is 75.4 Å². The zero-order valence-electron chi connectivity index (χ0n) is 12.9. The molecule has 1 aromatic heterocycles. The van der Waals surface area contributed by atoms with Crippen molar-refractivity contribution in [2.24, 2.45) is 11.8 Å². The monoisotopic (exact) mass is 329 g/mol. The lowest BCUT2D eigenvalue weighted by Gasteiger charge is -2.26. The van der Waals surface area contributed by atoms with Gasteiger partial charge in [-0.15, -0.1) is 0 Å². The summed E-state index contributed by atoms with van der Waals surface area (Å²) in [5, 5.41) is 2.96. The molecule has 7 heteroatoms. The molecule has 0 bridgehead atoms. The van der Waals surface area contributed by atoms with Crippen molar-refractivity contribution in [2.45, 2.75) is 37.8 Å². The van der Waals surface area contributed by atoms with Crippen LogP contribution in [0.1, 0.15) is 31.6 Å². The number of hydrogen-bond donors (Lipinski definition) is 1. The fourth-order valence-corrected chi connectivity index (χ4v) is 3.87. The Morgan fingerprint density at radius 1 is 1.25 bits per heavy atom. The average Bonchev–Trinajstić information content (AvgIpc) is 3.45. The first-order chi connectivity index (χ1) is 11.6. The highest BCUT2D eigenvalue weighted by atomic mass is 19.1. The second-order valence-electron chi connectivity index (χ2n) is 6.96. The van der Waals surface area contributed by atoms with Crippen LogP contribution >= 0.6 is 0 Å². The van der Waals surface area contributed by atoms with Crippen molar-refractivity contribution in [1.82, 2.24) is 15.2 Å². The number of amides is 3. The van der Waals surface area contributed by atoms with Gasteiger partial charge in [-0.1, -0.05) is 0 Å². The highest BCUT2D eigenvalue weighted by molar-refractivity contribution is 6.07. The van der Waals surface area contributed by atoms with Crippen LogP contribution in [0.25, 0.3) is 11.1 Å². The quantitative estimate of drug-likeness (QED) is 0.875. The van der Waals surface area contributed by atoms with Gasteiger partial charge in [0.15, 0.2) is 5.58 Å². The number of oxazole rings is 1. The first-order valence-corrected chi connectivity index (χ1v) is 8.27. The van der Waals surface area contributed by atoms with Crippen LogP contribution in [-0.2, 0) is 11.3 Å². The molecule has 3 fully saturated rings. The summed E-state index contributed by atoms with van der Waals surface area (Å²) >= 11 is 0. The predicted molar refractivity (Wildman–Crippen MR) is 81.2 cm³/mol. The summed E-state index contributed by atoms with van der Waals surface area (Å²) in [4.78, 5) is 30.8. The summed E-state index contributed by atoms with van der Waals surface area (Å²) in [5.74, 6) is 0.180. The molecular formula is C17H16FN3O3. The normalized spacial score (nSPS) is 23.1. The maximum Gasteiger partial charge on any atom is 0.325 e. The van der Waals surface area contributed by atoms with Crippen molar-refractivity contribution in [2.75, 3.05) is 0 Å². The van der Waals surface area contributed by atoms with Crippen LogP contribution in [0.4, 0.5) is 9.18 Å². The molecule has 0 radical (unpaired) electrons. The Labute approximate surface area is 137 Å². The van der Waals surface area contributed by atoms with E-state index in [2.05, 4.69) is 10.3 Å². The van der Waals surface area contributed by atoms with Crippen molar-refractivity contribution in [3.63, 3.8) is 0 Å². The number of halogens is 1. The Balaban J connectivity index is 1.45. The molecule has 1 aliphatic heterocycles. The summed E-state index contributed by atoms with van der Waals surface area (Å²) in [6, 6.07) is 3.67. The third kappa shape index (κ3) is 1.90. The van der Waals surface area contributed by atoms with E-state index >= 15 is 0 Å². The molecule has 2 aromatic rings. The molecule has 0 atom stereocenters. The van der Waals surface area contributed by atoms with E-state index in [-0.39, 0.29) is 36.2 Å². The molecule has 2 saturated carbocycles. The molecule has 0 unspecified atom stereocenters. The minimum atomic E-state index is -0.713. The smallest absolute Gasteiger partial charge is 0.325 e. The number of fused-ring (bicyclic) bond motifs is 1. The van der Waals surface area contributed by atoms with Gasteiger partial charge in [0.2, 0.25) is 5.89 Å². The summed E-state index contributed by atoms with van der Waals surface area (Å²) in [5.41, 5.74) is 0.108. The van der Waals surface area contributed by atoms with Crippen LogP contribution in [-0.4, -0.2) is 27.4 Å². The summed E-state index contributed by atoms with van der Waals surface area (Å²) in [6.45, 7) is -0.0256. The van der Waals surface area contributed by atoms with Crippen LogP contribution in [0.5, 0.6) is 0 Å². The fraction of sp³-hybridized carbons (Fsp3) is 0.471. The third-order valence-electron chi connectivity index (χ3n) is 5.29. The van der Waals surface area contributed by atoms with E-state index in [9.17, 15) is 14.0 Å². The molecule has 3 aliphatic rings. The van der Waals surface area contributed by atoms with Gasteiger partial charge >= 0.3 is 6.03 Å². The van der Waals surface area contributed by atoms with Gasteiger partial charge in [0, 0.05) is 6.07 Å². The summed E-state index contributed by atoms with van der Waals surface area (Å²) in [6.07, 6.45) is 3.94. The third-order valence-corrected chi connectivity index (χ3v) is 5.29.